The largest absolute Gasteiger partial charge is 0.392 e. The lowest BCUT2D eigenvalue weighted by molar-refractivity contribution is 0.280. The van der Waals surface area contributed by atoms with Crippen LogP contribution in [0.15, 0.2) is 23.1 Å². The molecule has 0 aromatic heterocycles. The quantitative estimate of drug-likeness (QED) is 0.908. The fraction of sp³-hybridized carbons (Fsp3) is 0.538. The van der Waals surface area contributed by atoms with Crippen LogP contribution in [0.1, 0.15) is 30.4 Å². The van der Waals surface area contributed by atoms with E-state index >= 15 is 0 Å². The maximum Gasteiger partial charge on any atom is 0.243 e. The molecule has 0 unspecified atom stereocenters. The third kappa shape index (κ3) is 2.58. The lowest BCUT2D eigenvalue weighted by Gasteiger charge is -2.26. The van der Waals surface area contributed by atoms with Crippen molar-refractivity contribution in [3.8, 4) is 0 Å². The average molecular weight is 269 g/mol. The number of aliphatic hydroxyl groups excluding tert-OH is 1. The van der Waals surface area contributed by atoms with Crippen LogP contribution in [0, 0.1) is 6.92 Å². The molecule has 1 aliphatic rings. The van der Waals surface area contributed by atoms with Crippen molar-refractivity contribution in [1.29, 1.82) is 0 Å². The molecule has 4 nitrogen and oxygen atoms in total. The first kappa shape index (κ1) is 13.5. The second-order valence-electron chi connectivity index (χ2n) is 4.71. The smallest absolute Gasteiger partial charge is 0.243 e. The molecule has 1 aromatic rings. The minimum Gasteiger partial charge on any atom is -0.392 e. The number of aliphatic hydroxyl groups is 1. The summed E-state index contributed by atoms with van der Waals surface area (Å²) in [6.45, 7) is 2.94. The molecule has 1 fully saturated rings. The number of hydrogen-bond donors (Lipinski definition) is 1. The van der Waals surface area contributed by atoms with Gasteiger partial charge in [0.1, 0.15) is 0 Å². The molecule has 1 N–H and O–H groups in total. The molecule has 100 valence electrons. The fourth-order valence-corrected chi connectivity index (χ4v) is 3.80. The van der Waals surface area contributed by atoms with Gasteiger partial charge in [-0.3, -0.25) is 0 Å². The molecular weight excluding hydrogens is 250 g/mol. The van der Waals surface area contributed by atoms with Crippen LogP contribution in [0.3, 0.4) is 0 Å². The highest BCUT2D eigenvalue weighted by Gasteiger charge is 2.26. The summed E-state index contributed by atoms with van der Waals surface area (Å²) in [6, 6.07) is 4.96. The van der Waals surface area contributed by atoms with Crippen molar-refractivity contribution in [2.24, 2.45) is 0 Å². The van der Waals surface area contributed by atoms with Gasteiger partial charge in [-0.05, 0) is 43.0 Å². The van der Waals surface area contributed by atoms with Crippen molar-refractivity contribution < 1.29 is 13.5 Å². The van der Waals surface area contributed by atoms with Crippen LogP contribution in [0.25, 0.3) is 0 Å². The van der Waals surface area contributed by atoms with Crippen molar-refractivity contribution in [2.45, 2.75) is 37.7 Å². The molecule has 18 heavy (non-hydrogen) atoms. The second-order valence-corrected chi connectivity index (χ2v) is 6.65. The van der Waals surface area contributed by atoms with Crippen LogP contribution < -0.4 is 0 Å². The van der Waals surface area contributed by atoms with Crippen LogP contribution >= 0.6 is 0 Å². The number of sulfonamides is 1. The van der Waals surface area contributed by atoms with E-state index in [1.807, 2.05) is 6.92 Å². The summed E-state index contributed by atoms with van der Waals surface area (Å²) in [4.78, 5) is 0.291. The van der Waals surface area contributed by atoms with E-state index in [1.165, 1.54) is 0 Å². The van der Waals surface area contributed by atoms with Gasteiger partial charge in [-0.25, -0.2) is 8.42 Å². The molecule has 0 atom stereocenters. The number of benzene rings is 1. The Kier molecular flexibility index (Phi) is 4.04. The zero-order chi connectivity index (χ0) is 13.2. The van der Waals surface area contributed by atoms with Crippen molar-refractivity contribution in [2.75, 3.05) is 13.1 Å². The van der Waals surface area contributed by atoms with Gasteiger partial charge in [0, 0.05) is 13.1 Å². The molecule has 0 aliphatic carbocycles. The SMILES string of the molecule is Cc1ccc(S(=O)(=O)N2CCCCC2)cc1CO. The van der Waals surface area contributed by atoms with E-state index in [2.05, 4.69) is 0 Å². The summed E-state index contributed by atoms with van der Waals surface area (Å²) < 4.78 is 26.4. The van der Waals surface area contributed by atoms with Gasteiger partial charge in [0.2, 0.25) is 10.0 Å². The average Bonchev–Trinajstić information content (AvgIpc) is 2.40. The lowest BCUT2D eigenvalue weighted by atomic mass is 10.1. The molecule has 5 heteroatoms. The minimum absolute atomic E-state index is 0.130. The van der Waals surface area contributed by atoms with E-state index in [4.69, 9.17) is 0 Å². The molecule has 0 spiro atoms. The van der Waals surface area contributed by atoms with Gasteiger partial charge in [0.25, 0.3) is 0 Å². The molecule has 1 heterocycles. The third-order valence-corrected chi connectivity index (χ3v) is 5.34. The number of hydrogen-bond acceptors (Lipinski definition) is 3. The molecule has 1 saturated heterocycles. The molecule has 0 amide bonds. The second kappa shape index (κ2) is 5.38. The Morgan fingerprint density at radius 1 is 1.22 bits per heavy atom. The highest BCUT2D eigenvalue weighted by atomic mass is 32.2. The molecule has 0 saturated carbocycles. The van der Waals surface area contributed by atoms with Gasteiger partial charge in [-0.1, -0.05) is 12.5 Å². The minimum atomic E-state index is -3.39. The van der Waals surface area contributed by atoms with E-state index in [9.17, 15) is 13.5 Å². The Labute approximate surface area is 108 Å². The molecular formula is C13H19NO3S. The van der Waals surface area contributed by atoms with Crippen molar-refractivity contribution in [3.63, 3.8) is 0 Å². The van der Waals surface area contributed by atoms with E-state index in [0.717, 1.165) is 24.8 Å². The molecule has 1 aromatic carbocycles. The summed E-state index contributed by atoms with van der Waals surface area (Å²) in [7, 11) is -3.39. The predicted molar refractivity (Wildman–Crippen MR) is 69.7 cm³/mol. The zero-order valence-corrected chi connectivity index (χ0v) is 11.4. The van der Waals surface area contributed by atoms with E-state index in [-0.39, 0.29) is 6.61 Å². The lowest BCUT2D eigenvalue weighted by Crippen LogP contribution is -2.35. The summed E-state index contributed by atoms with van der Waals surface area (Å²) in [5, 5.41) is 9.21. The molecule has 0 bridgehead atoms. The standard InChI is InChI=1S/C13H19NO3S/c1-11-5-6-13(9-12(11)10-15)18(16,17)14-7-3-2-4-8-14/h5-6,9,15H,2-4,7-8,10H2,1H3. The van der Waals surface area contributed by atoms with Crippen LogP contribution in [0.5, 0.6) is 0 Å². The van der Waals surface area contributed by atoms with Gasteiger partial charge in [-0.2, -0.15) is 4.31 Å². The van der Waals surface area contributed by atoms with Crippen molar-refractivity contribution >= 4 is 10.0 Å². The monoisotopic (exact) mass is 269 g/mol. The summed E-state index contributed by atoms with van der Waals surface area (Å²) in [5.74, 6) is 0. The maximum atomic E-state index is 12.4. The molecule has 2 rings (SSSR count). The first-order valence-electron chi connectivity index (χ1n) is 6.26. The molecule has 0 radical (unpaired) electrons. The Morgan fingerprint density at radius 3 is 2.50 bits per heavy atom. The Hall–Kier alpha value is -0.910. The number of piperidine rings is 1. The van der Waals surface area contributed by atoms with Gasteiger partial charge in [0.15, 0.2) is 0 Å². The predicted octanol–water partition coefficient (Wildman–Crippen LogP) is 1.66. The highest BCUT2D eigenvalue weighted by molar-refractivity contribution is 7.89. The number of nitrogens with zero attached hydrogens (tertiary/aromatic N) is 1. The van der Waals surface area contributed by atoms with Crippen LogP contribution in [0.2, 0.25) is 0 Å². The number of aryl methyl sites for hydroxylation is 1. The van der Waals surface area contributed by atoms with Crippen molar-refractivity contribution in [1.82, 2.24) is 4.31 Å². The van der Waals surface area contributed by atoms with Crippen LogP contribution in [-0.2, 0) is 16.6 Å². The van der Waals surface area contributed by atoms with Crippen molar-refractivity contribution in [3.05, 3.63) is 29.3 Å². The number of rotatable bonds is 3. The fourth-order valence-electron chi connectivity index (χ4n) is 2.23. The highest BCUT2D eigenvalue weighted by Crippen LogP contribution is 2.22. The van der Waals surface area contributed by atoms with Gasteiger partial charge in [-0.15, -0.1) is 0 Å². The first-order chi connectivity index (χ1) is 8.55. The Morgan fingerprint density at radius 2 is 1.89 bits per heavy atom. The van der Waals surface area contributed by atoms with Gasteiger partial charge in [0.05, 0.1) is 11.5 Å². The first-order valence-corrected chi connectivity index (χ1v) is 7.70. The Bertz CT molecular complexity index is 519. The van der Waals surface area contributed by atoms with Gasteiger partial charge < -0.3 is 5.11 Å². The van der Waals surface area contributed by atoms with Crippen LogP contribution in [0.4, 0.5) is 0 Å². The third-order valence-electron chi connectivity index (χ3n) is 3.44. The normalized spacial score (nSPS) is 17.9. The van der Waals surface area contributed by atoms with E-state index in [1.54, 1.807) is 22.5 Å². The zero-order valence-electron chi connectivity index (χ0n) is 10.6. The maximum absolute atomic E-state index is 12.4. The topological polar surface area (TPSA) is 57.6 Å². The summed E-state index contributed by atoms with van der Waals surface area (Å²) >= 11 is 0. The summed E-state index contributed by atoms with van der Waals surface area (Å²) in [6.07, 6.45) is 2.96. The van der Waals surface area contributed by atoms with E-state index in [0.29, 0.717) is 23.5 Å². The molecule has 1 aliphatic heterocycles. The van der Waals surface area contributed by atoms with E-state index < -0.39 is 10.0 Å². The van der Waals surface area contributed by atoms with Gasteiger partial charge >= 0.3 is 0 Å². The Balaban J connectivity index is 2.34. The summed E-state index contributed by atoms with van der Waals surface area (Å²) in [5.41, 5.74) is 1.59. The van der Waals surface area contributed by atoms with Crippen LogP contribution in [-0.4, -0.2) is 30.9 Å².